The molecule has 3 nitrogen and oxygen atoms in total. The molecule has 3 unspecified atom stereocenters. The third-order valence-corrected chi connectivity index (χ3v) is 9.06. The highest BCUT2D eigenvalue weighted by molar-refractivity contribution is 5.85. The maximum atomic E-state index is 11.3. The fourth-order valence-electron chi connectivity index (χ4n) is 8.26. The summed E-state index contributed by atoms with van der Waals surface area (Å²) < 4.78 is 5.66. The van der Waals surface area contributed by atoms with Gasteiger partial charge in [0.05, 0.1) is 13.2 Å². The van der Waals surface area contributed by atoms with Crippen LogP contribution in [0.3, 0.4) is 0 Å². The molecule has 0 aliphatic heterocycles. The highest BCUT2D eigenvalue weighted by atomic mass is 16.5. The Labute approximate surface area is 168 Å². The number of hydrogen-bond donors (Lipinski definition) is 1. The van der Waals surface area contributed by atoms with Gasteiger partial charge in [-0.3, -0.25) is 4.99 Å². The Balaban J connectivity index is 1.36. The highest BCUT2D eigenvalue weighted by Gasteiger charge is 2.52. The van der Waals surface area contributed by atoms with Gasteiger partial charge in [0.25, 0.3) is 0 Å². The van der Waals surface area contributed by atoms with Gasteiger partial charge in [0.2, 0.25) is 0 Å². The monoisotopic (exact) mass is 379 g/mol. The van der Waals surface area contributed by atoms with Crippen molar-refractivity contribution in [3.8, 4) is 11.5 Å². The third-order valence-electron chi connectivity index (χ3n) is 9.06. The molecule has 1 aromatic rings. The van der Waals surface area contributed by atoms with Gasteiger partial charge < -0.3 is 9.84 Å². The van der Waals surface area contributed by atoms with Crippen molar-refractivity contribution >= 4 is 6.21 Å². The molecule has 0 radical (unpaired) electrons. The summed E-state index contributed by atoms with van der Waals surface area (Å²) in [6.07, 6.45) is 15.3. The minimum atomic E-state index is 0.169. The molecule has 6 aliphatic rings. The molecule has 6 bridgehead atoms. The predicted octanol–water partition coefficient (Wildman–Crippen LogP) is 5.48. The number of aromatic hydroxyl groups is 1. The van der Waals surface area contributed by atoms with Crippen LogP contribution < -0.4 is 4.74 Å². The van der Waals surface area contributed by atoms with Gasteiger partial charge in [-0.1, -0.05) is 6.42 Å². The first-order chi connectivity index (χ1) is 13.6. The number of fused-ring (bicyclic) bond motifs is 2. The van der Waals surface area contributed by atoms with Crippen LogP contribution in [0, 0.1) is 29.6 Å². The lowest BCUT2D eigenvalue weighted by molar-refractivity contribution is -0.00622. The van der Waals surface area contributed by atoms with E-state index in [0.717, 1.165) is 46.5 Å². The van der Waals surface area contributed by atoms with Crippen LogP contribution in [-0.2, 0) is 5.41 Å². The highest BCUT2D eigenvalue weighted by Crippen LogP contribution is 2.62. The first-order valence-electron chi connectivity index (χ1n) is 11.6. The Morgan fingerprint density at radius 2 is 1.68 bits per heavy atom. The van der Waals surface area contributed by atoms with E-state index in [1.807, 2.05) is 12.3 Å². The van der Waals surface area contributed by atoms with Crippen LogP contribution in [0.4, 0.5) is 0 Å². The molecule has 0 saturated heterocycles. The maximum absolute atomic E-state index is 11.3. The summed E-state index contributed by atoms with van der Waals surface area (Å²) in [4.78, 5) is 4.96. The predicted molar refractivity (Wildman–Crippen MR) is 111 cm³/mol. The molecular weight excluding hydrogens is 346 g/mol. The van der Waals surface area contributed by atoms with E-state index in [1.165, 1.54) is 64.2 Å². The summed E-state index contributed by atoms with van der Waals surface area (Å²) >= 11 is 0. The van der Waals surface area contributed by atoms with E-state index in [0.29, 0.717) is 11.8 Å². The number of benzene rings is 1. The molecule has 28 heavy (non-hydrogen) atoms. The summed E-state index contributed by atoms with van der Waals surface area (Å²) in [5, 5.41) is 11.3. The molecule has 0 aromatic heterocycles. The molecule has 0 amide bonds. The van der Waals surface area contributed by atoms with E-state index >= 15 is 0 Å². The SMILES string of the molecule is COc1cc(C=NC2CC3CCC2C3)c(O)c(C23CC4CC(CC(C4)C2)C3)c1. The minimum Gasteiger partial charge on any atom is -0.507 e. The molecule has 0 spiro atoms. The second kappa shape index (κ2) is 6.24. The van der Waals surface area contributed by atoms with Crippen molar-refractivity contribution in [2.75, 3.05) is 7.11 Å². The van der Waals surface area contributed by atoms with Gasteiger partial charge in [-0.05, 0) is 105 Å². The Hall–Kier alpha value is -1.51. The quantitative estimate of drug-likeness (QED) is 0.704. The van der Waals surface area contributed by atoms with Crippen LogP contribution >= 0.6 is 0 Å². The molecular formula is C25H33NO2. The number of nitrogens with zero attached hydrogens (tertiary/aromatic N) is 1. The van der Waals surface area contributed by atoms with E-state index < -0.39 is 0 Å². The summed E-state index contributed by atoms with van der Waals surface area (Å²) in [5.41, 5.74) is 2.19. The number of hydrogen-bond acceptors (Lipinski definition) is 3. The summed E-state index contributed by atoms with van der Waals surface area (Å²) in [6.45, 7) is 0. The van der Waals surface area contributed by atoms with Gasteiger partial charge in [0.1, 0.15) is 11.5 Å². The lowest BCUT2D eigenvalue weighted by Gasteiger charge is -2.57. The fourth-order valence-corrected chi connectivity index (χ4v) is 8.26. The number of ether oxygens (including phenoxy) is 1. The molecule has 1 N–H and O–H groups in total. The average molecular weight is 380 g/mol. The molecule has 6 aliphatic carbocycles. The zero-order valence-electron chi connectivity index (χ0n) is 17.1. The van der Waals surface area contributed by atoms with Crippen molar-refractivity contribution in [3.05, 3.63) is 23.3 Å². The van der Waals surface area contributed by atoms with E-state index in [2.05, 4.69) is 6.07 Å². The Kier molecular flexibility index (Phi) is 3.87. The van der Waals surface area contributed by atoms with Crippen molar-refractivity contribution in [2.24, 2.45) is 34.6 Å². The van der Waals surface area contributed by atoms with Crippen molar-refractivity contribution in [1.29, 1.82) is 0 Å². The van der Waals surface area contributed by atoms with Crippen molar-refractivity contribution < 1.29 is 9.84 Å². The standard InChI is InChI=1S/C25H33NO2/c1-28-21-9-20(14-26-23-8-15-2-3-19(23)7-15)24(27)22(10-21)25-11-16-4-17(12-25)6-18(5-16)13-25/h9-10,14-19,23,27H,2-8,11-13H2,1H3. The molecule has 6 saturated carbocycles. The number of rotatable bonds is 4. The van der Waals surface area contributed by atoms with Crippen LogP contribution in [0.15, 0.2) is 17.1 Å². The van der Waals surface area contributed by atoms with Crippen molar-refractivity contribution in [3.63, 3.8) is 0 Å². The minimum absolute atomic E-state index is 0.169. The van der Waals surface area contributed by atoms with Crippen LogP contribution in [0.5, 0.6) is 11.5 Å². The molecule has 6 fully saturated rings. The Bertz CT molecular complexity index is 778. The first-order valence-corrected chi connectivity index (χ1v) is 11.6. The van der Waals surface area contributed by atoms with Crippen LogP contribution in [0.2, 0.25) is 0 Å². The maximum Gasteiger partial charge on any atom is 0.128 e. The van der Waals surface area contributed by atoms with E-state index in [1.54, 1.807) is 7.11 Å². The van der Waals surface area contributed by atoms with Gasteiger partial charge >= 0.3 is 0 Å². The van der Waals surface area contributed by atoms with E-state index in [-0.39, 0.29) is 5.41 Å². The molecule has 3 heteroatoms. The molecule has 0 heterocycles. The fraction of sp³-hybridized carbons (Fsp3) is 0.720. The molecule has 3 atom stereocenters. The Morgan fingerprint density at radius 3 is 2.25 bits per heavy atom. The lowest BCUT2D eigenvalue weighted by Crippen LogP contribution is -2.48. The van der Waals surface area contributed by atoms with Crippen molar-refractivity contribution in [2.45, 2.75) is 75.7 Å². The van der Waals surface area contributed by atoms with Crippen LogP contribution in [-0.4, -0.2) is 24.5 Å². The van der Waals surface area contributed by atoms with Crippen LogP contribution in [0.25, 0.3) is 0 Å². The number of phenols is 1. The van der Waals surface area contributed by atoms with Gasteiger partial charge in [-0.25, -0.2) is 0 Å². The number of phenolic OH excluding ortho intramolecular Hbond substituents is 1. The first kappa shape index (κ1) is 17.4. The second-order valence-electron chi connectivity index (χ2n) is 10.8. The van der Waals surface area contributed by atoms with E-state index in [4.69, 9.17) is 9.73 Å². The van der Waals surface area contributed by atoms with Gasteiger partial charge in [0.15, 0.2) is 0 Å². The number of methoxy groups -OCH3 is 1. The van der Waals surface area contributed by atoms with Crippen LogP contribution in [0.1, 0.15) is 75.3 Å². The van der Waals surface area contributed by atoms with Gasteiger partial charge in [-0.15, -0.1) is 0 Å². The molecule has 7 rings (SSSR count). The third kappa shape index (κ3) is 2.64. The van der Waals surface area contributed by atoms with E-state index in [9.17, 15) is 5.11 Å². The van der Waals surface area contributed by atoms with Gasteiger partial charge in [-0.2, -0.15) is 0 Å². The largest absolute Gasteiger partial charge is 0.507 e. The summed E-state index contributed by atoms with van der Waals surface area (Å²) in [5.74, 6) is 5.62. The summed E-state index contributed by atoms with van der Waals surface area (Å²) in [6, 6.07) is 4.58. The second-order valence-corrected chi connectivity index (χ2v) is 10.8. The van der Waals surface area contributed by atoms with Gasteiger partial charge in [0, 0.05) is 17.3 Å². The average Bonchev–Trinajstić information content (AvgIpc) is 3.29. The Morgan fingerprint density at radius 1 is 0.964 bits per heavy atom. The zero-order valence-corrected chi connectivity index (χ0v) is 17.1. The summed E-state index contributed by atoms with van der Waals surface area (Å²) in [7, 11) is 1.74. The zero-order chi connectivity index (χ0) is 18.9. The normalized spacial score (nSPS) is 43.3. The van der Waals surface area contributed by atoms with Crippen molar-refractivity contribution in [1.82, 2.24) is 0 Å². The smallest absolute Gasteiger partial charge is 0.128 e. The topological polar surface area (TPSA) is 41.8 Å². The molecule has 1 aromatic carbocycles. The number of aliphatic imine (C=N–C) groups is 1. The lowest BCUT2D eigenvalue weighted by atomic mass is 9.48. The molecule has 150 valence electrons.